The first-order valence-electron chi connectivity index (χ1n) is 5.81. The molecule has 0 fully saturated rings. The van der Waals surface area contributed by atoms with Crippen LogP contribution in [-0.4, -0.2) is 19.3 Å². The van der Waals surface area contributed by atoms with Crippen molar-refractivity contribution in [3.05, 3.63) is 63.0 Å². The molecule has 2 N–H and O–H groups in total. The number of aryl methyl sites for hydroxylation is 1. The van der Waals surface area contributed by atoms with E-state index >= 15 is 0 Å². The zero-order chi connectivity index (χ0) is 15.6. The van der Waals surface area contributed by atoms with Gasteiger partial charge in [0.25, 0.3) is 15.9 Å². The van der Waals surface area contributed by atoms with Crippen LogP contribution in [0.25, 0.3) is 0 Å². The molecule has 110 valence electrons. The summed E-state index contributed by atoms with van der Waals surface area (Å²) in [6, 6.07) is 6.51. The third-order valence-electron chi connectivity index (χ3n) is 2.65. The summed E-state index contributed by atoms with van der Waals surface area (Å²) in [6.45, 7) is 1.65. The predicted octanol–water partition coefficient (Wildman–Crippen LogP) is 1.46. The van der Waals surface area contributed by atoms with Crippen LogP contribution in [0.15, 0.2) is 46.2 Å². The number of benzene rings is 1. The minimum Gasteiger partial charge on any atom is -0.364 e. The van der Waals surface area contributed by atoms with Crippen molar-refractivity contribution in [2.24, 2.45) is 0 Å². The summed E-state index contributed by atoms with van der Waals surface area (Å²) in [6.07, 6.45) is 1.17. The molecule has 1 heterocycles. The Morgan fingerprint density at radius 1 is 1.24 bits per heavy atom. The lowest BCUT2D eigenvalue weighted by Gasteiger charge is -2.06. The van der Waals surface area contributed by atoms with Crippen LogP contribution in [0.2, 0.25) is 5.02 Å². The Labute approximate surface area is 125 Å². The van der Waals surface area contributed by atoms with Gasteiger partial charge in [-0.25, -0.2) is 13.1 Å². The molecule has 0 unspecified atom stereocenters. The lowest BCUT2D eigenvalue weighted by atomic mass is 10.2. The Morgan fingerprint density at radius 3 is 2.43 bits per heavy atom. The Hall–Kier alpha value is -2.12. The lowest BCUT2D eigenvalue weighted by Crippen LogP contribution is -2.33. The number of amides is 1. The van der Waals surface area contributed by atoms with Crippen LogP contribution in [0.5, 0.6) is 0 Å². The van der Waals surface area contributed by atoms with Gasteiger partial charge in [0, 0.05) is 23.0 Å². The number of aromatic amines is 1. The predicted molar refractivity (Wildman–Crippen MR) is 77.9 cm³/mol. The fraction of sp³-hybridized carbons (Fsp3) is 0.0769. The number of sulfonamides is 1. The number of carbonyl (C=O) groups excluding carboxylic acids is 1. The Morgan fingerprint density at radius 2 is 1.86 bits per heavy atom. The van der Waals surface area contributed by atoms with Crippen molar-refractivity contribution in [2.45, 2.75) is 11.8 Å². The molecule has 0 atom stereocenters. The second kappa shape index (κ2) is 5.71. The van der Waals surface area contributed by atoms with Gasteiger partial charge in [-0.2, -0.15) is 0 Å². The Bertz CT molecular complexity index is 841. The van der Waals surface area contributed by atoms with E-state index in [-0.39, 0.29) is 10.5 Å². The summed E-state index contributed by atoms with van der Waals surface area (Å²) in [5.41, 5.74) is -0.273. The summed E-state index contributed by atoms with van der Waals surface area (Å²) >= 11 is 5.67. The number of halogens is 1. The fourth-order valence-electron chi connectivity index (χ4n) is 1.60. The summed E-state index contributed by atoms with van der Waals surface area (Å²) in [5.74, 6) is -0.994. The SMILES string of the molecule is Cc1cc(=O)c(C(=O)NS(=O)(=O)c2ccc(Cl)cc2)c[nH]1. The summed E-state index contributed by atoms with van der Waals surface area (Å²) in [7, 11) is -4.06. The molecule has 21 heavy (non-hydrogen) atoms. The van der Waals surface area contributed by atoms with Crippen LogP contribution in [0.4, 0.5) is 0 Å². The van der Waals surface area contributed by atoms with Crippen molar-refractivity contribution in [1.29, 1.82) is 0 Å². The molecule has 0 aliphatic carbocycles. The van der Waals surface area contributed by atoms with Gasteiger partial charge in [0.15, 0.2) is 5.43 Å². The average Bonchev–Trinajstić information content (AvgIpc) is 2.38. The molecule has 6 nitrogen and oxygen atoms in total. The van der Waals surface area contributed by atoms with Crippen LogP contribution in [0, 0.1) is 6.92 Å². The van der Waals surface area contributed by atoms with Gasteiger partial charge in [-0.15, -0.1) is 0 Å². The van der Waals surface area contributed by atoms with Crippen molar-refractivity contribution in [2.75, 3.05) is 0 Å². The topological polar surface area (TPSA) is 96.1 Å². The maximum absolute atomic E-state index is 12.0. The zero-order valence-corrected chi connectivity index (χ0v) is 12.5. The van der Waals surface area contributed by atoms with Gasteiger partial charge in [-0.05, 0) is 31.2 Å². The largest absolute Gasteiger partial charge is 0.364 e. The van der Waals surface area contributed by atoms with Gasteiger partial charge in [0.1, 0.15) is 5.56 Å². The maximum atomic E-state index is 12.0. The van der Waals surface area contributed by atoms with E-state index in [4.69, 9.17) is 11.6 Å². The Kier molecular flexibility index (Phi) is 4.15. The number of H-pyrrole nitrogens is 1. The molecule has 2 rings (SSSR count). The van der Waals surface area contributed by atoms with Gasteiger partial charge < -0.3 is 4.98 Å². The van der Waals surface area contributed by atoms with Gasteiger partial charge in [0.05, 0.1) is 4.90 Å². The highest BCUT2D eigenvalue weighted by molar-refractivity contribution is 7.90. The molecule has 0 aliphatic heterocycles. The van der Waals surface area contributed by atoms with Crippen molar-refractivity contribution < 1.29 is 13.2 Å². The minimum absolute atomic E-state index is 0.121. The van der Waals surface area contributed by atoms with E-state index in [9.17, 15) is 18.0 Å². The van der Waals surface area contributed by atoms with E-state index in [2.05, 4.69) is 4.98 Å². The maximum Gasteiger partial charge on any atom is 0.270 e. The molecule has 0 saturated heterocycles. The minimum atomic E-state index is -4.06. The van der Waals surface area contributed by atoms with Crippen LogP contribution in [0.1, 0.15) is 16.1 Å². The molecule has 8 heteroatoms. The van der Waals surface area contributed by atoms with Gasteiger partial charge >= 0.3 is 0 Å². The van der Waals surface area contributed by atoms with E-state index in [0.29, 0.717) is 10.7 Å². The van der Waals surface area contributed by atoms with E-state index < -0.39 is 21.4 Å². The van der Waals surface area contributed by atoms with Crippen LogP contribution in [0.3, 0.4) is 0 Å². The number of aromatic nitrogens is 1. The second-order valence-electron chi connectivity index (χ2n) is 4.28. The first-order chi connectivity index (χ1) is 9.79. The molecule has 0 aliphatic rings. The quantitative estimate of drug-likeness (QED) is 0.892. The molecule has 0 spiro atoms. The van der Waals surface area contributed by atoms with Crippen molar-refractivity contribution in [1.82, 2.24) is 9.71 Å². The molecule has 0 bridgehead atoms. The second-order valence-corrected chi connectivity index (χ2v) is 6.40. The third-order valence-corrected chi connectivity index (χ3v) is 4.25. The number of rotatable bonds is 3. The van der Waals surface area contributed by atoms with Crippen LogP contribution in [-0.2, 0) is 10.0 Å². The lowest BCUT2D eigenvalue weighted by molar-refractivity contribution is 0.0980. The first kappa shape index (κ1) is 15.3. The van der Waals surface area contributed by atoms with Crippen molar-refractivity contribution in [3.8, 4) is 0 Å². The molecule has 0 radical (unpaired) electrons. The monoisotopic (exact) mass is 326 g/mol. The van der Waals surface area contributed by atoms with E-state index in [1.807, 2.05) is 4.72 Å². The fourth-order valence-corrected chi connectivity index (χ4v) is 2.69. The van der Waals surface area contributed by atoms with Crippen molar-refractivity contribution in [3.63, 3.8) is 0 Å². The molecule has 1 amide bonds. The van der Waals surface area contributed by atoms with Gasteiger partial charge in [-0.1, -0.05) is 11.6 Å². The number of hydrogen-bond donors (Lipinski definition) is 2. The van der Waals surface area contributed by atoms with Gasteiger partial charge in [-0.3, -0.25) is 9.59 Å². The molecule has 0 saturated carbocycles. The van der Waals surface area contributed by atoms with Crippen molar-refractivity contribution >= 4 is 27.5 Å². The molecular formula is C13H11ClN2O4S. The van der Waals surface area contributed by atoms with E-state index in [0.717, 1.165) is 0 Å². The van der Waals surface area contributed by atoms with E-state index in [1.165, 1.54) is 36.5 Å². The Balaban J connectivity index is 2.30. The summed E-state index contributed by atoms with van der Waals surface area (Å²) in [5, 5.41) is 0.371. The zero-order valence-electron chi connectivity index (χ0n) is 10.9. The van der Waals surface area contributed by atoms with Gasteiger partial charge in [0.2, 0.25) is 0 Å². The highest BCUT2D eigenvalue weighted by Gasteiger charge is 2.20. The number of hydrogen-bond acceptors (Lipinski definition) is 4. The summed E-state index contributed by atoms with van der Waals surface area (Å²) in [4.78, 5) is 26.1. The number of carbonyl (C=O) groups is 1. The standard InChI is InChI=1S/C13H11ClN2O4S/c1-8-6-12(17)11(7-15-8)13(18)16-21(19,20)10-4-2-9(14)3-5-10/h2-7H,1H3,(H,15,17)(H,16,18). The molecule has 1 aromatic carbocycles. The molecule has 1 aromatic heterocycles. The normalized spacial score (nSPS) is 11.1. The average molecular weight is 327 g/mol. The number of nitrogens with one attached hydrogen (secondary N) is 2. The highest BCUT2D eigenvalue weighted by Crippen LogP contribution is 2.14. The number of pyridine rings is 1. The van der Waals surface area contributed by atoms with Crippen LogP contribution >= 0.6 is 11.6 Å². The molecular weight excluding hydrogens is 316 g/mol. The van der Waals surface area contributed by atoms with Crippen LogP contribution < -0.4 is 10.2 Å². The van der Waals surface area contributed by atoms with E-state index in [1.54, 1.807) is 6.92 Å². The molecule has 2 aromatic rings. The smallest absolute Gasteiger partial charge is 0.270 e. The summed E-state index contributed by atoms with van der Waals surface area (Å²) < 4.78 is 25.9. The third kappa shape index (κ3) is 3.50. The first-order valence-corrected chi connectivity index (χ1v) is 7.68. The highest BCUT2D eigenvalue weighted by atomic mass is 35.5.